The molecule has 2 rings (SSSR count). The second-order valence-electron chi connectivity index (χ2n) is 5.67. The lowest BCUT2D eigenvalue weighted by atomic mass is 10.1. The molecule has 6 heteroatoms. The highest BCUT2D eigenvalue weighted by atomic mass is 19.1. The first-order valence-electron chi connectivity index (χ1n) is 8.50. The molecular weight excluding hydrogens is 331 g/mol. The fourth-order valence-electron chi connectivity index (χ4n) is 2.30. The molecule has 0 spiro atoms. The molecule has 0 unspecified atom stereocenters. The van der Waals surface area contributed by atoms with Crippen LogP contribution < -0.4 is 10.1 Å². The van der Waals surface area contributed by atoms with Crippen LogP contribution in [0.2, 0.25) is 0 Å². The van der Waals surface area contributed by atoms with Gasteiger partial charge in [0.1, 0.15) is 18.2 Å². The predicted molar refractivity (Wildman–Crippen MR) is 100 cm³/mol. The number of guanidine groups is 1. The van der Waals surface area contributed by atoms with Crippen LogP contribution in [-0.4, -0.2) is 37.6 Å². The van der Waals surface area contributed by atoms with Crippen LogP contribution in [0.3, 0.4) is 0 Å². The molecule has 0 fully saturated rings. The molecule has 0 bridgehead atoms. The summed E-state index contributed by atoms with van der Waals surface area (Å²) in [5, 5.41) is 12.0. The molecule has 0 atom stereocenters. The molecule has 0 saturated heterocycles. The van der Waals surface area contributed by atoms with Crippen molar-refractivity contribution in [3.8, 4) is 11.8 Å². The molecule has 0 aliphatic rings. The molecule has 0 radical (unpaired) electrons. The van der Waals surface area contributed by atoms with Gasteiger partial charge in [-0.05, 0) is 31.2 Å². The number of nitriles is 1. The van der Waals surface area contributed by atoms with E-state index >= 15 is 0 Å². The average molecular weight is 354 g/mol. The Hall–Kier alpha value is -3.07. The van der Waals surface area contributed by atoms with Crippen molar-refractivity contribution in [1.29, 1.82) is 5.26 Å². The van der Waals surface area contributed by atoms with E-state index in [2.05, 4.69) is 10.3 Å². The Labute approximate surface area is 153 Å². The number of nitrogens with one attached hydrogen (secondary N) is 1. The van der Waals surface area contributed by atoms with Gasteiger partial charge in [-0.15, -0.1) is 0 Å². The smallest absolute Gasteiger partial charge is 0.194 e. The van der Waals surface area contributed by atoms with Crippen molar-refractivity contribution >= 4 is 5.96 Å². The fourth-order valence-corrected chi connectivity index (χ4v) is 2.30. The van der Waals surface area contributed by atoms with Gasteiger partial charge in [-0.2, -0.15) is 5.26 Å². The van der Waals surface area contributed by atoms with E-state index in [1.807, 2.05) is 55.3 Å². The molecule has 2 aromatic rings. The summed E-state index contributed by atoms with van der Waals surface area (Å²) in [6, 6.07) is 16.0. The van der Waals surface area contributed by atoms with Gasteiger partial charge < -0.3 is 15.0 Å². The van der Waals surface area contributed by atoms with E-state index in [9.17, 15) is 4.39 Å². The lowest BCUT2D eigenvalue weighted by molar-refractivity contribution is 0.281. The molecule has 0 amide bonds. The molecule has 0 saturated carbocycles. The van der Waals surface area contributed by atoms with Gasteiger partial charge in [0, 0.05) is 19.2 Å². The van der Waals surface area contributed by atoms with Gasteiger partial charge >= 0.3 is 0 Å². The molecule has 26 heavy (non-hydrogen) atoms. The summed E-state index contributed by atoms with van der Waals surface area (Å²) in [5.41, 5.74) is 0.755. The maximum Gasteiger partial charge on any atom is 0.194 e. The second kappa shape index (κ2) is 10.0. The Morgan fingerprint density at radius 2 is 2.04 bits per heavy atom. The van der Waals surface area contributed by atoms with Crippen molar-refractivity contribution < 1.29 is 9.13 Å². The van der Waals surface area contributed by atoms with Crippen molar-refractivity contribution in [3.05, 3.63) is 65.5 Å². The zero-order chi connectivity index (χ0) is 18.8. The van der Waals surface area contributed by atoms with Crippen LogP contribution in [-0.2, 0) is 6.54 Å². The van der Waals surface area contributed by atoms with Gasteiger partial charge in [0.05, 0.1) is 24.7 Å². The maximum absolute atomic E-state index is 14.0. The molecular formula is C20H23FN4O. The highest BCUT2D eigenvalue weighted by molar-refractivity contribution is 5.79. The van der Waals surface area contributed by atoms with E-state index in [0.717, 1.165) is 5.75 Å². The Morgan fingerprint density at radius 3 is 2.69 bits per heavy atom. The van der Waals surface area contributed by atoms with E-state index in [1.54, 1.807) is 12.1 Å². The SMILES string of the molecule is CCNC(=NCc1ccc(C#N)cc1F)N(C)CCOc1ccccc1. The number of halogens is 1. The monoisotopic (exact) mass is 354 g/mol. The Kier molecular flexibility index (Phi) is 7.44. The van der Waals surface area contributed by atoms with Gasteiger partial charge in [0.2, 0.25) is 0 Å². The van der Waals surface area contributed by atoms with E-state index in [1.165, 1.54) is 6.07 Å². The number of hydrogen-bond acceptors (Lipinski definition) is 3. The lowest BCUT2D eigenvalue weighted by Crippen LogP contribution is -2.40. The highest BCUT2D eigenvalue weighted by Gasteiger charge is 2.08. The number of aliphatic imine (C=N–C) groups is 1. The third kappa shape index (κ3) is 5.78. The molecule has 136 valence electrons. The zero-order valence-corrected chi connectivity index (χ0v) is 15.1. The normalized spacial score (nSPS) is 10.9. The molecule has 2 aromatic carbocycles. The van der Waals surface area contributed by atoms with Gasteiger partial charge in [0.25, 0.3) is 0 Å². The zero-order valence-electron chi connectivity index (χ0n) is 15.1. The molecule has 0 heterocycles. The van der Waals surface area contributed by atoms with Crippen molar-refractivity contribution in [1.82, 2.24) is 10.2 Å². The number of benzene rings is 2. The summed E-state index contributed by atoms with van der Waals surface area (Å²) in [5.74, 6) is 1.08. The minimum atomic E-state index is -0.418. The van der Waals surface area contributed by atoms with Crippen LogP contribution in [0.5, 0.6) is 5.75 Å². The minimum absolute atomic E-state index is 0.198. The first kappa shape index (κ1) is 19.3. The first-order valence-corrected chi connectivity index (χ1v) is 8.50. The number of likely N-dealkylation sites (N-methyl/N-ethyl adjacent to an activating group) is 1. The Bertz CT molecular complexity index is 771. The third-order valence-electron chi connectivity index (χ3n) is 3.72. The van der Waals surface area contributed by atoms with Crippen LogP contribution in [0.15, 0.2) is 53.5 Å². The quantitative estimate of drug-likeness (QED) is 0.613. The van der Waals surface area contributed by atoms with E-state index in [-0.39, 0.29) is 6.54 Å². The van der Waals surface area contributed by atoms with Gasteiger partial charge in [-0.1, -0.05) is 24.3 Å². The molecule has 0 aliphatic heterocycles. The van der Waals surface area contributed by atoms with Crippen molar-refractivity contribution in [2.45, 2.75) is 13.5 Å². The molecule has 5 nitrogen and oxygen atoms in total. The highest BCUT2D eigenvalue weighted by Crippen LogP contribution is 2.11. The molecule has 0 aliphatic carbocycles. The summed E-state index contributed by atoms with van der Waals surface area (Å²) in [6.07, 6.45) is 0. The van der Waals surface area contributed by atoms with Crippen molar-refractivity contribution in [2.24, 2.45) is 4.99 Å². The molecule has 0 aromatic heterocycles. The van der Waals surface area contributed by atoms with E-state index in [0.29, 0.717) is 36.8 Å². The summed E-state index contributed by atoms with van der Waals surface area (Å²) in [4.78, 5) is 6.42. The van der Waals surface area contributed by atoms with Crippen LogP contribution in [0, 0.1) is 17.1 Å². The van der Waals surface area contributed by atoms with Crippen molar-refractivity contribution in [3.63, 3.8) is 0 Å². The maximum atomic E-state index is 14.0. The summed E-state index contributed by atoms with van der Waals surface area (Å²) in [6.45, 7) is 4.03. The summed E-state index contributed by atoms with van der Waals surface area (Å²) < 4.78 is 19.7. The third-order valence-corrected chi connectivity index (χ3v) is 3.72. The number of nitrogens with zero attached hydrogens (tertiary/aromatic N) is 3. The Morgan fingerprint density at radius 1 is 1.27 bits per heavy atom. The fraction of sp³-hybridized carbons (Fsp3) is 0.300. The van der Waals surface area contributed by atoms with Crippen LogP contribution >= 0.6 is 0 Å². The van der Waals surface area contributed by atoms with E-state index < -0.39 is 5.82 Å². The van der Waals surface area contributed by atoms with Gasteiger partial charge in [-0.3, -0.25) is 0 Å². The Balaban J connectivity index is 1.95. The summed E-state index contributed by atoms with van der Waals surface area (Å²) >= 11 is 0. The van der Waals surface area contributed by atoms with E-state index in [4.69, 9.17) is 10.00 Å². The molecule has 1 N–H and O–H groups in total. The van der Waals surface area contributed by atoms with Gasteiger partial charge in [-0.25, -0.2) is 9.38 Å². The van der Waals surface area contributed by atoms with Gasteiger partial charge in [0.15, 0.2) is 5.96 Å². The topological polar surface area (TPSA) is 60.7 Å². The number of ether oxygens (including phenoxy) is 1. The number of rotatable bonds is 7. The first-order chi connectivity index (χ1) is 12.6. The average Bonchev–Trinajstić information content (AvgIpc) is 2.66. The van der Waals surface area contributed by atoms with Crippen molar-refractivity contribution in [2.75, 3.05) is 26.7 Å². The predicted octanol–water partition coefficient (Wildman–Crippen LogP) is 3.17. The number of hydrogen-bond donors (Lipinski definition) is 1. The second-order valence-corrected chi connectivity index (χ2v) is 5.67. The number of para-hydroxylation sites is 1. The van der Waals surface area contributed by atoms with Crippen LogP contribution in [0.4, 0.5) is 4.39 Å². The van der Waals surface area contributed by atoms with Crippen LogP contribution in [0.25, 0.3) is 0 Å². The lowest BCUT2D eigenvalue weighted by Gasteiger charge is -2.22. The standard InChI is InChI=1S/C20H23FN4O/c1-3-23-20(24-15-17-10-9-16(14-22)13-19(17)21)25(2)11-12-26-18-7-5-4-6-8-18/h4-10,13H,3,11-12,15H2,1-2H3,(H,23,24). The summed E-state index contributed by atoms with van der Waals surface area (Å²) in [7, 11) is 1.91. The van der Waals surface area contributed by atoms with Crippen LogP contribution in [0.1, 0.15) is 18.1 Å². The largest absolute Gasteiger partial charge is 0.492 e. The minimum Gasteiger partial charge on any atom is -0.492 e.